The maximum atomic E-state index is 12.7. The van der Waals surface area contributed by atoms with E-state index in [2.05, 4.69) is 10.3 Å². The Bertz CT molecular complexity index is 430. The van der Waals surface area contributed by atoms with Gasteiger partial charge in [-0.1, -0.05) is 6.92 Å². The van der Waals surface area contributed by atoms with E-state index in [1.54, 1.807) is 0 Å². The minimum atomic E-state index is -4.36. The van der Waals surface area contributed by atoms with E-state index in [0.717, 1.165) is 50.2 Å². The molecule has 1 fully saturated rings. The number of nitrogens with zero attached hydrogens (tertiary/aromatic N) is 1. The van der Waals surface area contributed by atoms with E-state index < -0.39 is 11.2 Å². The summed E-state index contributed by atoms with van der Waals surface area (Å²) >= 11 is 0.733. The van der Waals surface area contributed by atoms with Crippen molar-refractivity contribution in [3.8, 4) is 0 Å². The van der Waals surface area contributed by atoms with E-state index in [0.29, 0.717) is 11.3 Å². The number of halogens is 3. The zero-order valence-corrected chi connectivity index (χ0v) is 12.9. The summed E-state index contributed by atoms with van der Waals surface area (Å²) < 4.78 is 43.7. The fourth-order valence-corrected chi connectivity index (χ4v) is 3.33. The van der Waals surface area contributed by atoms with Crippen LogP contribution in [0.2, 0.25) is 0 Å². The van der Waals surface area contributed by atoms with Gasteiger partial charge in [0.25, 0.3) is 0 Å². The van der Waals surface area contributed by atoms with Crippen LogP contribution >= 0.6 is 11.3 Å². The highest BCUT2D eigenvalue weighted by Gasteiger charge is 2.35. The number of aromatic nitrogens is 1. The predicted octanol–water partition coefficient (Wildman–Crippen LogP) is 4.16. The van der Waals surface area contributed by atoms with Gasteiger partial charge in [0.2, 0.25) is 0 Å². The van der Waals surface area contributed by atoms with Crippen LogP contribution in [0.5, 0.6) is 0 Å². The third-order valence-electron chi connectivity index (χ3n) is 3.52. The van der Waals surface area contributed by atoms with Gasteiger partial charge in [-0.3, -0.25) is 0 Å². The third kappa shape index (κ3) is 4.93. The average molecular weight is 322 g/mol. The molecule has 0 amide bonds. The van der Waals surface area contributed by atoms with Crippen molar-refractivity contribution < 1.29 is 17.9 Å². The molecular weight excluding hydrogens is 301 g/mol. The summed E-state index contributed by atoms with van der Waals surface area (Å²) in [5, 5.41) is 2.55. The first-order valence-corrected chi connectivity index (χ1v) is 8.20. The van der Waals surface area contributed by atoms with Crippen molar-refractivity contribution in [2.75, 3.05) is 13.2 Å². The summed E-state index contributed by atoms with van der Waals surface area (Å²) in [4.78, 5) is 4.17. The fourth-order valence-electron chi connectivity index (χ4n) is 2.45. The number of hydrogen-bond acceptors (Lipinski definition) is 4. The van der Waals surface area contributed by atoms with E-state index in [-0.39, 0.29) is 12.1 Å². The Hall–Kier alpha value is -0.660. The Labute approximate surface area is 126 Å². The van der Waals surface area contributed by atoms with Crippen molar-refractivity contribution in [2.45, 2.75) is 57.3 Å². The summed E-state index contributed by atoms with van der Waals surface area (Å²) in [7, 11) is 0. The van der Waals surface area contributed by atoms with Crippen molar-refractivity contribution in [3.63, 3.8) is 0 Å². The van der Waals surface area contributed by atoms with Crippen molar-refractivity contribution in [1.82, 2.24) is 10.3 Å². The molecule has 0 radical (unpaired) electrons. The summed E-state index contributed by atoms with van der Waals surface area (Å²) in [5.74, 6) is 0. The standard InChI is InChI=1S/C14H21F3N2OS/c1-2-6-18-11(8-10-5-3-4-7-20-10)12-9-19-13(21-12)14(15,16)17/h9-11,18H,2-8H2,1H3. The highest BCUT2D eigenvalue weighted by atomic mass is 32.1. The van der Waals surface area contributed by atoms with Gasteiger partial charge in [-0.15, -0.1) is 11.3 Å². The van der Waals surface area contributed by atoms with Gasteiger partial charge in [0.1, 0.15) is 0 Å². The predicted molar refractivity (Wildman–Crippen MR) is 76.4 cm³/mol. The van der Waals surface area contributed by atoms with Crippen LogP contribution in [0.3, 0.4) is 0 Å². The number of hydrogen-bond donors (Lipinski definition) is 1. The first-order valence-electron chi connectivity index (χ1n) is 7.38. The molecule has 2 rings (SSSR count). The lowest BCUT2D eigenvalue weighted by molar-refractivity contribution is -0.137. The molecule has 0 saturated carbocycles. The largest absolute Gasteiger partial charge is 0.443 e. The van der Waals surface area contributed by atoms with Gasteiger partial charge in [0, 0.05) is 23.7 Å². The number of nitrogens with one attached hydrogen (secondary N) is 1. The Morgan fingerprint density at radius 3 is 2.86 bits per heavy atom. The van der Waals surface area contributed by atoms with E-state index >= 15 is 0 Å². The quantitative estimate of drug-likeness (QED) is 0.854. The molecule has 0 spiro atoms. The second-order valence-electron chi connectivity index (χ2n) is 5.30. The number of rotatable bonds is 6. The molecule has 3 nitrogen and oxygen atoms in total. The van der Waals surface area contributed by atoms with Crippen LogP contribution < -0.4 is 5.32 Å². The molecule has 2 unspecified atom stereocenters. The van der Waals surface area contributed by atoms with E-state index in [4.69, 9.17) is 4.74 Å². The van der Waals surface area contributed by atoms with E-state index in [1.807, 2.05) is 6.92 Å². The summed E-state index contributed by atoms with van der Waals surface area (Å²) in [6.45, 7) is 3.56. The summed E-state index contributed by atoms with van der Waals surface area (Å²) in [6, 6.07) is -0.110. The van der Waals surface area contributed by atoms with Crippen molar-refractivity contribution >= 4 is 11.3 Å². The van der Waals surface area contributed by atoms with Gasteiger partial charge >= 0.3 is 6.18 Å². The molecule has 1 saturated heterocycles. The maximum Gasteiger partial charge on any atom is 0.443 e. The molecule has 0 bridgehead atoms. The van der Waals surface area contributed by atoms with Crippen molar-refractivity contribution in [1.29, 1.82) is 0 Å². The smallest absolute Gasteiger partial charge is 0.378 e. The molecule has 1 N–H and O–H groups in total. The lowest BCUT2D eigenvalue weighted by Gasteiger charge is -2.27. The molecule has 1 aromatic rings. The maximum absolute atomic E-state index is 12.7. The van der Waals surface area contributed by atoms with Crippen LogP contribution in [0.1, 0.15) is 55.0 Å². The van der Waals surface area contributed by atoms with Crippen LogP contribution in [-0.4, -0.2) is 24.2 Å². The normalized spacial score (nSPS) is 21.4. The highest BCUT2D eigenvalue weighted by Crippen LogP contribution is 2.36. The Balaban J connectivity index is 2.05. The Kier molecular flexibility index (Phi) is 6.01. The van der Waals surface area contributed by atoms with Crippen LogP contribution in [0.15, 0.2) is 6.20 Å². The molecule has 21 heavy (non-hydrogen) atoms. The van der Waals surface area contributed by atoms with Gasteiger partial charge in [-0.05, 0) is 38.6 Å². The second kappa shape index (κ2) is 7.56. The topological polar surface area (TPSA) is 34.1 Å². The Morgan fingerprint density at radius 1 is 1.48 bits per heavy atom. The molecule has 0 aliphatic carbocycles. The van der Waals surface area contributed by atoms with Gasteiger partial charge in [-0.2, -0.15) is 13.2 Å². The molecule has 120 valence electrons. The van der Waals surface area contributed by atoms with E-state index in [9.17, 15) is 13.2 Å². The summed E-state index contributed by atoms with van der Waals surface area (Å²) in [5.41, 5.74) is 0. The van der Waals surface area contributed by atoms with Crippen LogP contribution in [-0.2, 0) is 10.9 Å². The molecule has 1 aliphatic rings. The van der Waals surface area contributed by atoms with Crippen LogP contribution in [0.25, 0.3) is 0 Å². The van der Waals surface area contributed by atoms with Gasteiger partial charge < -0.3 is 10.1 Å². The molecular formula is C14H21F3N2OS. The SMILES string of the molecule is CCCNC(CC1CCCCO1)c1cnc(C(F)(F)F)s1. The first kappa shape index (κ1) is 16.7. The lowest BCUT2D eigenvalue weighted by Crippen LogP contribution is -2.28. The fraction of sp³-hybridized carbons (Fsp3) is 0.786. The van der Waals surface area contributed by atoms with Crippen LogP contribution in [0.4, 0.5) is 13.2 Å². The third-order valence-corrected chi connectivity index (χ3v) is 4.68. The number of alkyl halides is 3. The second-order valence-corrected chi connectivity index (χ2v) is 6.36. The van der Waals surface area contributed by atoms with Gasteiger partial charge in [-0.25, -0.2) is 4.98 Å². The monoisotopic (exact) mass is 322 g/mol. The van der Waals surface area contributed by atoms with E-state index in [1.165, 1.54) is 6.20 Å². The molecule has 2 heterocycles. The summed E-state index contributed by atoms with van der Waals surface area (Å²) in [6.07, 6.45) is 1.94. The zero-order chi connectivity index (χ0) is 15.3. The minimum absolute atomic E-state index is 0.110. The Morgan fingerprint density at radius 2 is 2.29 bits per heavy atom. The minimum Gasteiger partial charge on any atom is -0.378 e. The first-order chi connectivity index (χ1) is 10.0. The number of thiazole rings is 1. The highest BCUT2D eigenvalue weighted by molar-refractivity contribution is 7.11. The van der Waals surface area contributed by atoms with Gasteiger partial charge in [0.05, 0.1) is 6.10 Å². The molecule has 7 heteroatoms. The molecule has 1 aromatic heterocycles. The van der Waals surface area contributed by atoms with Crippen molar-refractivity contribution in [2.24, 2.45) is 0 Å². The molecule has 2 atom stereocenters. The van der Waals surface area contributed by atoms with Crippen molar-refractivity contribution in [3.05, 3.63) is 16.1 Å². The average Bonchev–Trinajstić information content (AvgIpc) is 2.94. The lowest BCUT2D eigenvalue weighted by atomic mass is 10.0. The molecule has 0 aromatic carbocycles. The van der Waals surface area contributed by atoms with Crippen LogP contribution in [0, 0.1) is 0 Å². The number of ether oxygens (including phenoxy) is 1. The zero-order valence-electron chi connectivity index (χ0n) is 12.1. The van der Waals surface area contributed by atoms with Gasteiger partial charge in [0.15, 0.2) is 5.01 Å². The molecule has 1 aliphatic heterocycles.